The van der Waals surface area contributed by atoms with Gasteiger partial charge < -0.3 is 4.57 Å². The van der Waals surface area contributed by atoms with Gasteiger partial charge in [0.15, 0.2) is 0 Å². The van der Waals surface area contributed by atoms with Crippen LogP contribution in [0.15, 0.2) is 25.0 Å². The van der Waals surface area contributed by atoms with Crippen LogP contribution in [0.1, 0.15) is 12.5 Å². The summed E-state index contributed by atoms with van der Waals surface area (Å²) in [5, 5.41) is 0. The molecule has 48 valence electrons. The molecule has 0 bridgehead atoms. The van der Waals surface area contributed by atoms with E-state index in [1.54, 1.807) is 6.20 Å². The van der Waals surface area contributed by atoms with Crippen LogP contribution >= 0.6 is 0 Å². The summed E-state index contributed by atoms with van der Waals surface area (Å²) in [6.45, 7) is 5.78. The number of hydrogen-bond acceptors (Lipinski definition) is 0. The second-order valence-electron chi connectivity index (χ2n) is 2.00. The minimum absolute atomic E-state index is 1.10. The first-order chi connectivity index (χ1) is 4.36. The van der Waals surface area contributed by atoms with Crippen LogP contribution in [0.25, 0.3) is 6.20 Å². The smallest absolute Gasteiger partial charge is 0.0114 e. The Balaban J connectivity index is 2.86. The van der Waals surface area contributed by atoms with E-state index in [9.17, 15) is 0 Å². The molecule has 0 fully saturated rings. The van der Waals surface area contributed by atoms with E-state index < -0.39 is 0 Å². The second-order valence-corrected chi connectivity index (χ2v) is 2.00. The molecule has 0 N–H and O–H groups in total. The van der Waals surface area contributed by atoms with E-state index in [0.29, 0.717) is 0 Å². The highest BCUT2D eigenvalue weighted by atomic mass is 14.9. The van der Waals surface area contributed by atoms with Gasteiger partial charge in [-0.25, -0.2) is 0 Å². The summed E-state index contributed by atoms with van der Waals surface area (Å²) < 4.78 is 1.96. The minimum Gasteiger partial charge on any atom is -0.331 e. The van der Waals surface area contributed by atoms with Gasteiger partial charge in [-0.1, -0.05) is 13.5 Å². The lowest BCUT2D eigenvalue weighted by molar-refractivity contribution is 1.11. The maximum absolute atomic E-state index is 3.64. The molecule has 0 aliphatic heterocycles. The Kier molecular flexibility index (Phi) is 1.73. The zero-order valence-electron chi connectivity index (χ0n) is 5.67. The van der Waals surface area contributed by atoms with Gasteiger partial charge in [-0.15, -0.1) is 0 Å². The van der Waals surface area contributed by atoms with E-state index in [4.69, 9.17) is 0 Å². The quantitative estimate of drug-likeness (QED) is 0.565. The van der Waals surface area contributed by atoms with Gasteiger partial charge in [-0.2, -0.15) is 0 Å². The van der Waals surface area contributed by atoms with Crippen LogP contribution in [-0.4, -0.2) is 4.57 Å². The fraction of sp³-hybridized carbons (Fsp3) is 0.250. The first kappa shape index (κ1) is 6.14. The van der Waals surface area contributed by atoms with Gasteiger partial charge in [-0.05, 0) is 18.1 Å². The van der Waals surface area contributed by atoms with Crippen molar-refractivity contribution in [2.75, 3.05) is 0 Å². The highest BCUT2D eigenvalue weighted by molar-refractivity contribution is 5.22. The molecule has 1 rings (SSSR count). The molecule has 0 saturated carbocycles. The van der Waals surface area contributed by atoms with E-state index in [0.717, 1.165) is 6.42 Å². The van der Waals surface area contributed by atoms with Crippen LogP contribution in [-0.2, 0) is 6.42 Å². The Bertz CT molecular complexity index is 198. The molecule has 0 aliphatic rings. The van der Waals surface area contributed by atoms with Crippen molar-refractivity contribution in [1.29, 1.82) is 0 Å². The normalized spacial score (nSPS) is 9.44. The number of rotatable bonds is 2. The van der Waals surface area contributed by atoms with E-state index in [-0.39, 0.29) is 0 Å². The van der Waals surface area contributed by atoms with Crippen LogP contribution < -0.4 is 0 Å². The zero-order valence-corrected chi connectivity index (χ0v) is 5.67. The van der Waals surface area contributed by atoms with Gasteiger partial charge in [0.1, 0.15) is 0 Å². The van der Waals surface area contributed by atoms with Crippen molar-refractivity contribution in [3.63, 3.8) is 0 Å². The number of aryl methyl sites for hydroxylation is 1. The van der Waals surface area contributed by atoms with E-state index in [1.165, 1.54) is 5.56 Å². The van der Waals surface area contributed by atoms with Crippen molar-refractivity contribution in [3.05, 3.63) is 30.6 Å². The largest absolute Gasteiger partial charge is 0.331 e. The van der Waals surface area contributed by atoms with Crippen LogP contribution in [0.5, 0.6) is 0 Å². The highest BCUT2D eigenvalue weighted by Crippen LogP contribution is 2.00. The molecule has 9 heavy (non-hydrogen) atoms. The fourth-order valence-electron chi connectivity index (χ4n) is 0.782. The predicted octanol–water partition coefficient (Wildman–Crippen LogP) is 2.15. The van der Waals surface area contributed by atoms with Crippen LogP contribution in [0, 0.1) is 0 Å². The Hall–Kier alpha value is -0.980. The maximum atomic E-state index is 3.64. The van der Waals surface area contributed by atoms with Gasteiger partial charge in [0, 0.05) is 18.6 Å². The Morgan fingerprint density at radius 3 is 2.89 bits per heavy atom. The van der Waals surface area contributed by atoms with Crippen LogP contribution in [0.4, 0.5) is 0 Å². The van der Waals surface area contributed by atoms with Crippen molar-refractivity contribution < 1.29 is 0 Å². The molecule has 0 spiro atoms. The average molecular weight is 121 g/mol. The minimum atomic E-state index is 1.10. The molecular weight excluding hydrogens is 110 g/mol. The second kappa shape index (κ2) is 2.53. The Labute approximate surface area is 55.6 Å². The number of hydrogen-bond donors (Lipinski definition) is 0. The molecule has 0 radical (unpaired) electrons. The third-order valence-electron chi connectivity index (χ3n) is 1.39. The summed E-state index contributed by atoms with van der Waals surface area (Å²) in [5.41, 5.74) is 1.36. The van der Waals surface area contributed by atoms with Gasteiger partial charge in [0.05, 0.1) is 0 Å². The number of aromatic nitrogens is 1. The Morgan fingerprint density at radius 1 is 1.78 bits per heavy atom. The summed E-state index contributed by atoms with van der Waals surface area (Å²) >= 11 is 0. The summed E-state index contributed by atoms with van der Waals surface area (Å²) in [4.78, 5) is 0. The molecule has 1 nitrogen and oxygen atoms in total. The number of nitrogens with zero attached hydrogens (tertiary/aromatic N) is 1. The van der Waals surface area contributed by atoms with Crippen LogP contribution in [0.2, 0.25) is 0 Å². The van der Waals surface area contributed by atoms with Crippen molar-refractivity contribution in [2.24, 2.45) is 0 Å². The third kappa shape index (κ3) is 1.22. The predicted molar refractivity (Wildman–Crippen MR) is 40.2 cm³/mol. The third-order valence-corrected chi connectivity index (χ3v) is 1.39. The maximum Gasteiger partial charge on any atom is 0.0114 e. The molecule has 1 aromatic rings. The highest BCUT2D eigenvalue weighted by Gasteiger charge is 1.87. The lowest BCUT2D eigenvalue weighted by Gasteiger charge is -1.86. The van der Waals surface area contributed by atoms with Gasteiger partial charge >= 0.3 is 0 Å². The first-order valence-corrected chi connectivity index (χ1v) is 3.15. The molecule has 0 atom stereocenters. The fourth-order valence-corrected chi connectivity index (χ4v) is 0.782. The summed E-state index contributed by atoms with van der Waals surface area (Å²) in [6, 6.07) is 2.10. The monoisotopic (exact) mass is 121 g/mol. The summed E-state index contributed by atoms with van der Waals surface area (Å²) in [6.07, 6.45) is 6.97. The molecule has 0 unspecified atom stereocenters. The van der Waals surface area contributed by atoms with Crippen molar-refractivity contribution >= 4 is 6.20 Å². The van der Waals surface area contributed by atoms with E-state index in [2.05, 4.69) is 25.8 Å². The van der Waals surface area contributed by atoms with Gasteiger partial charge in [0.2, 0.25) is 0 Å². The average Bonchev–Trinajstić information content (AvgIpc) is 2.34. The SMILES string of the molecule is C=Cn1ccc(CC)c1. The molecule has 0 amide bonds. The van der Waals surface area contributed by atoms with Crippen molar-refractivity contribution in [3.8, 4) is 0 Å². The molecular formula is C8H11N. The summed E-state index contributed by atoms with van der Waals surface area (Å²) in [7, 11) is 0. The lowest BCUT2D eigenvalue weighted by atomic mass is 10.3. The zero-order chi connectivity index (χ0) is 6.69. The first-order valence-electron chi connectivity index (χ1n) is 3.15. The van der Waals surface area contributed by atoms with Crippen molar-refractivity contribution in [1.82, 2.24) is 4.57 Å². The topological polar surface area (TPSA) is 4.93 Å². The molecule has 1 aromatic heterocycles. The van der Waals surface area contributed by atoms with Crippen LogP contribution in [0.3, 0.4) is 0 Å². The Morgan fingerprint density at radius 2 is 2.56 bits per heavy atom. The summed E-state index contributed by atoms with van der Waals surface area (Å²) in [5.74, 6) is 0. The van der Waals surface area contributed by atoms with Gasteiger partial charge in [0.25, 0.3) is 0 Å². The molecule has 0 saturated heterocycles. The van der Waals surface area contributed by atoms with Crippen molar-refractivity contribution in [2.45, 2.75) is 13.3 Å². The molecule has 1 heteroatoms. The molecule has 1 heterocycles. The van der Waals surface area contributed by atoms with E-state index >= 15 is 0 Å². The lowest BCUT2D eigenvalue weighted by Crippen LogP contribution is -1.76. The standard InChI is InChI=1S/C8H11N/c1-3-8-5-6-9(4-2)7-8/h4-7H,2-3H2,1H3. The van der Waals surface area contributed by atoms with E-state index in [1.807, 2.05) is 10.8 Å². The van der Waals surface area contributed by atoms with Gasteiger partial charge in [-0.3, -0.25) is 0 Å². The molecule has 0 aromatic carbocycles. The molecule has 0 aliphatic carbocycles.